The number of pyridine rings is 1. The van der Waals surface area contributed by atoms with Gasteiger partial charge in [-0.1, -0.05) is 30.3 Å². The molecular formula is C25H31FN2O3. The summed E-state index contributed by atoms with van der Waals surface area (Å²) in [5.74, 6) is 0.752. The fraction of sp³-hybridized carbons (Fsp3) is 0.520. The number of carbonyl (C=O) groups is 1. The van der Waals surface area contributed by atoms with Gasteiger partial charge in [-0.05, 0) is 68.7 Å². The highest BCUT2D eigenvalue weighted by Gasteiger charge is 2.42. The number of carboxylic acids is 1. The first-order valence-corrected chi connectivity index (χ1v) is 11.3. The first-order valence-electron chi connectivity index (χ1n) is 11.3. The minimum Gasteiger partial charge on any atom is -0.481 e. The van der Waals surface area contributed by atoms with Crippen LogP contribution >= 0.6 is 0 Å². The molecule has 1 saturated carbocycles. The van der Waals surface area contributed by atoms with Crippen molar-refractivity contribution >= 4 is 5.97 Å². The van der Waals surface area contributed by atoms with Crippen molar-refractivity contribution in [2.45, 2.75) is 44.4 Å². The van der Waals surface area contributed by atoms with Crippen LogP contribution in [0.25, 0.3) is 0 Å². The largest absolute Gasteiger partial charge is 0.481 e. The van der Waals surface area contributed by atoms with E-state index >= 15 is 0 Å². The monoisotopic (exact) mass is 426 g/mol. The molecule has 2 aromatic rings. The smallest absolute Gasteiger partial charge is 0.304 e. The Morgan fingerprint density at radius 1 is 1.19 bits per heavy atom. The first kappa shape index (κ1) is 21.8. The van der Waals surface area contributed by atoms with E-state index in [0.29, 0.717) is 24.9 Å². The lowest BCUT2D eigenvalue weighted by Crippen LogP contribution is -2.43. The fourth-order valence-electron chi connectivity index (χ4n) is 4.81. The Hall–Kier alpha value is -2.47. The number of hydrogen-bond donors (Lipinski definition) is 1. The van der Waals surface area contributed by atoms with Crippen LogP contribution in [0.3, 0.4) is 0 Å². The van der Waals surface area contributed by atoms with Gasteiger partial charge in [0.25, 0.3) is 0 Å². The van der Waals surface area contributed by atoms with Crippen LogP contribution in [0.5, 0.6) is 5.88 Å². The molecule has 1 N–H and O–H groups in total. The maximum absolute atomic E-state index is 13.2. The van der Waals surface area contributed by atoms with Crippen molar-refractivity contribution in [3.05, 3.63) is 60.0 Å². The number of carboxylic acid groups (broad SMARTS) is 1. The van der Waals surface area contributed by atoms with Crippen molar-refractivity contribution in [1.29, 1.82) is 0 Å². The number of halogens is 1. The third kappa shape index (κ3) is 6.03. The topological polar surface area (TPSA) is 62.7 Å². The highest BCUT2D eigenvalue weighted by Crippen LogP contribution is 2.52. The van der Waals surface area contributed by atoms with Crippen LogP contribution < -0.4 is 4.74 Å². The second kappa shape index (κ2) is 9.77. The molecule has 0 radical (unpaired) electrons. The lowest BCUT2D eigenvalue weighted by Gasteiger charge is -2.41. The lowest BCUT2D eigenvalue weighted by molar-refractivity contribution is -0.137. The number of benzene rings is 1. The fourth-order valence-corrected chi connectivity index (χ4v) is 4.81. The van der Waals surface area contributed by atoms with Crippen LogP contribution in [0.1, 0.15) is 50.0 Å². The Morgan fingerprint density at radius 3 is 2.65 bits per heavy atom. The summed E-state index contributed by atoms with van der Waals surface area (Å²) in [6.07, 6.45) is 6.86. The number of nitrogens with zero attached hydrogens (tertiary/aromatic N) is 2. The maximum Gasteiger partial charge on any atom is 0.304 e. The summed E-state index contributed by atoms with van der Waals surface area (Å²) in [6.45, 7) is 2.95. The molecule has 166 valence electrons. The van der Waals surface area contributed by atoms with E-state index in [1.807, 2.05) is 0 Å². The molecule has 1 unspecified atom stereocenters. The van der Waals surface area contributed by atoms with E-state index in [1.54, 1.807) is 6.07 Å². The number of rotatable bonds is 10. The van der Waals surface area contributed by atoms with Crippen molar-refractivity contribution in [3.63, 3.8) is 0 Å². The second-order valence-electron chi connectivity index (χ2n) is 9.14. The van der Waals surface area contributed by atoms with Gasteiger partial charge in [0.15, 0.2) is 0 Å². The summed E-state index contributed by atoms with van der Waals surface area (Å²) in [6, 6.07) is 13.7. The lowest BCUT2D eigenvalue weighted by atomic mass is 9.74. The van der Waals surface area contributed by atoms with Gasteiger partial charge < -0.3 is 14.7 Å². The van der Waals surface area contributed by atoms with Gasteiger partial charge in [-0.3, -0.25) is 4.79 Å². The van der Waals surface area contributed by atoms with E-state index in [1.165, 1.54) is 30.7 Å². The zero-order chi connectivity index (χ0) is 21.7. The van der Waals surface area contributed by atoms with Crippen LogP contribution in [0.15, 0.2) is 48.7 Å². The van der Waals surface area contributed by atoms with Crippen LogP contribution in [0, 0.1) is 17.2 Å². The van der Waals surface area contributed by atoms with E-state index in [-0.39, 0.29) is 17.7 Å². The molecular weight excluding hydrogens is 395 g/mol. The summed E-state index contributed by atoms with van der Waals surface area (Å²) in [5.41, 5.74) is 1.50. The molecule has 2 heterocycles. The molecule has 0 bridgehead atoms. The maximum atomic E-state index is 13.2. The number of hydrogen-bond acceptors (Lipinski definition) is 4. The summed E-state index contributed by atoms with van der Waals surface area (Å²) >= 11 is 0. The summed E-state index contributed by atoms with van der Waals surface area (Å²) < 4.78 is 19.2. The Morgan fingerprint density at radius 2 is 1.97 bits per heavy atom. The van der Waals surface area contributed by atoms with E-state index in [0.717, 1.165) is 38.3 Å². The van der Waals surface area contributed by atoms with Gasteiger partial charge >= 0.3 is 5.97 Å². The number of aliphatic carboxylic acids is 1. The Bertz CT molecular complexity index is 851. The number of piperidine rings is 1. The molecule has 2 fully saturated rings. The van der Waals surface area contributed by atoms with Crippen molar-refractivity contribution in [2.75, 3.05) is 26.2 Å². The molecule has 2 aliphatic rings. The van der Waals surface area contributed by atoms with Gasteiger partial charge in [0, 0.05) is 18.0 Å². The highest BCUT2D eigenvalue weighted by atomic mass is 19.1. The molecule has 1 aromatic heterocycles. The predicted octanol–water partition coefficient (Wildman–Crippen LogP) is 4.74. The second-order valence-corrected chi connectivity index (χ2v) is 9.14. The molecule has 0 spiro atoms. The number of likely N-dealkylation sites (tertiary alicyclic amines) is 1. The summed E-state index contributed by atoms with van der Waals surface area (Å²) in [5, 5.41) is 8.97. The summed E-state index contributed by atoms with van der Waals surface area (Å²) in [4.78, 5) is 17.2. The van der Waals surface area contributed by atoms with Crippen LogP contribution in [0.4, 0.5) is 4.39 Å². The molecule has 1 aliphatic carbocycles. The molecule has 5 nitrogen and oxygen atoms in total. The van der Waals surface area contributed by atoms with E-state index in [2.05, 4.69) is 40.2 Å². The Balaban J connectivity index is 1.34. The Kier molecular flexibility index (Phi) is 6.86. The van der Waals surface area contributed by atoms with Gasteiger partial charge in [0.2, 0.25) is 5.88 Å². The molecule has 1 aliphatic heterocycles. The molecule has 31 heavy (non-hydrogen) atoms. The third-order valence-corrected chi connectivity index (χ3v) is 6.98. The molecule has 0 amide bonds. The quantitative estimate of drug-likeness (QED) is 0.595. The standard InChI is InChI=1S/C25H31FN2O3/c26-21-6-7-23(27-17-21)31-18-25(11-14-28(15-12-25)13-9-24(29)30)10-8-20-16-22(20)19-4-2-1-3-5-19/h1-7,17,20,22H,8-16,18H2,(H,29,30)/t20-,22?/m1/s1. The minimum atomic E-state index is -0.747. The summed E-state index contributed by atoms with van der Waals surface area (Å²) in [7, 11) is 0. The first-order chi connectivity index (χ1) is 15.0. The van der Waals surface area contributed by atoms with Crippen molar-refractivity contribution in [2.24, 2.45) is 11.3 Å². The van der Waals surface area contributed by atoms with E-state index < -0.39 is 5.97 Å². The van der Waals surface area contributed by atoms with Gasteiger partial charge in [0.05, 0.1) is 19.2 Å². The van der Waals surface area contributed by atoms with Gasteiger partial charge in [-0.25, -0.2) is 9.37 Å². The SMILES string of the molecule is O=C(O)CCN1CCC(CC[C@@H]2CC2c2ccccc2)(COc2ccc(F)cn2)CC1. The van der Waals surface area contributed by atoms with Crippen molar-refractivity contribution in [3.8, 4) is 5.88 Å². The average molecular weight is 427 g/mol. The van der Waals surface area contributed by atoms with Crippen LogP contribution in [-0.4, -0.2) is 47.2 Å². The highest BCUT2D eigenvalue weighted by molar-refractivity contribution is 5.66. The van der Waals surface area contributed by atoms with Gasteiger partial charge in [-0.2, -0.15) is 0 Å². The minimum absolute atomic E-state index is 0.0552. The average Bonchev–Trinajstić information content (AvgIpc) is 3.57. The molecule has 1 aromatic carbocycles. The molecule has 4 rings (SSSR count). The van der Waals surface area contributed by atoms with Gasteiger partial charge in [-0.15, -0.1) is 0 Å². The van der Waals surface area contributed by atoms with E-state index in [4.69, 9.17) is 9.84 Å². The normalized spacial score (nSPS) is 22.7. The zero-order valence-corrected chi connectivity index (χ0v) is 17.9. The van der Waals surface area contributed by atoms with Crippen LogP contribution in [-0.2, 0) is 4.79 Å². The zero-order valence-electron chi connectivity index (χ0n) is 17.9. The van der Waals surface area contributed by atoms with Crippen LogP contribution in [0.2, 0.25) is 0 Å². The van der Waals surface area contributed by atoms with Gasteiger partial charge in [0.1, 0.15) is 5.82 Å². The molecule has 1 saturated heterocycles. The van der Waals surface area contributed by atoms with E-state index in [9.17, 15) is 9.18 Å². The number of ether oxygens (including phenoxy) is 1. The third-order valence-electron chi connectivity index (χ3n) is 6.98. The van der Waals surface area contributed by atoms with Crippen molar-refractivity contribution < 1.29 is 19.0 Å². The predicted molar refractivity (Wildman–Crippen MR) is 117 cm³/mol. The Labute approximate surface area is 183 Å². The number of aromatic nitrogens is 1. The van der Waals surface area contributed by atoms with Crippen molar-refractivity contribution in [1.82, 2.24) is 9.88 Å². The molecule has 2 atom stereocenters. The molecule has 6 heteroatoms.